The van der Waals surface area contributed by atoms with Gasteiger partial charge in [0.25, 0.3) is 0 Å². The summed E-state index contributed by atoms with van der Waals surface area (Å²) in [5.74, 6) is 0.481. The van der Waals surface area contributed by atoms with Crippen molar-refractivity contribution in [3.63, 3.8) is 0 Å². The molecule has 0 saturated heterocycles. The van der Waals surface area contributed by atoms with Crippen LogP contribution in [-0.2, 0) is 0 Å². The minimum absolute atomic E-state index is 0.0825. The zero-order valence-corrected chi connectivity index (χ0v) is 9.26. The van der Waals surface area contributed by atoms with Crippen molar-refractivity contribution in [2.24, 2.45) is 0 Å². The minimum Gasteiger partial charge on any atom is -0.493 e. The third-order valence-electron chi connectivity index (χ3n) is 1.62. The summed E-state index contributed by atoms with van der Waals surface area (Å²) in [4.78, 5) is 0. The Bertz CT molecular complexity index is 342. The van der Waals surface area contributed by atoms with Crippen LogP contribution in [0.1, 0.15) is 12.5 Å². The highest BCUT2D eigenvalue weighted by Gasteiger charge is 2.08. The molecule has 0 bridgehead atoms. The summed E-state index contributed by atoms with van der Waals surface area (Å²) in [6.07, 6.45) is 0. The van der Waals surface area contributed by atoms with Crippen molar-refractivity contribution in [3.05, 3.63) is 28.2 Å². The zero-order chi connectivity index (χ0) is 10.6. The first kappa shape index (κ1) is 11.0. The second kappa shape index (κ2) is 4.97. The van der Waals surface area contributed by atoms with Crippen LogP contribution in [-0.4, -0.2) is 17.6 Å². The fraction of sp³-hybridized carbons (Fsp3) is 0.222. The van der Waals surface area contributed by atoms with Crippen molar-refractivity contribution in [2.45, 2.75) is 6.92 Å². The fourth-order valence-corrected chi connectivity index (χ4v) is 1.38. The molecule has 0 spiro atoms. The predicted octanol–water partition coefficient (Wildman–Crippen LogP) is 2.15. The van der Waals surface area contributed by atoms with Crippen LogP contribution in [0.15, 0.2) is 22.7 Å². The third kappa shape index (κ3) is 2.46. The van der Waals surface area contributed by atoms with Crippen molar-refractivity contribution in [1.29, 1.82) is 5.41 Å². The molecule has 0 saturated carbocycles. The number of amidine groups is 1. The van der Waals surface area contributed by atoms with E-state index in [-0.39, 0.29) is 5.84 Å². The first-order valence-corrected chi connectivity index (χ1v) is 4.89. The first-order chi connectivity index (χ1) is 6.69. The number of benzene rings is 1. The Labute approximate surface area is 90.5 Å². The van der Waals surface area contributed by atoms with Crippen LogP contribution in [0, 0.1) is 5.41 Å². The van der Waals surface area contributed by atoms with E-state index in [1.807, 2.05) is 6.92 Å². The van der Waals surface area contributed by atoms with E-state index < -0.39 is 0 Å². The van der Waals surface area contributed by atoms with Gasteiger partial charge in [-0.15, -0.1) is 0 Å². The number of hydroxylamine groups is 1. The summed E-state index contributed by atoms with van der Waals surface area (Å²) in [5, 5.41) is 16.0. The van der Waals surface area contributed by atoms with Crippen LogP contribution in [0.4, 0.5) is 0 Å². The number of rotatable bonds is 3. The Morgan fingerprint density at radius 1 is 1.64 bits per heavy atom. The van der Waals surface area contributed by atoms with E-state index in [9.17, 15) is 0 Å². The van der Waals surface area contributed by atoms with Gasteiger partial charge in [0.1, 0.15) is 5.75 Å². The van der Waals surface area contributed by atoms with E-state index in [1.54, 1.807) is 23.7 Å². The maximum atomic E-state index is 8.61. The number of halogens is 1. The second-order valence-corrected chi connectivity index (χ2v) is 3.48. The molecule has 0 fully saturated rings. The molecule has 0 heterocycles. The normalized spacial score (nSPS) is 9.64. The molecular formula is C9H11BrN2O2. The summed E-state index contributed by atoms with van der Waals surface area (Å²) in [6, 6.07) is 5.23. The van der Waals surface area contributed by atoms with Gasteiger partial charge in [0.2, 0.25) is 0 Å². The van der Waals surface area contributed by atoms with Gasteiger partial charge in [-0.1, -0.05) is 15.9 Å². The Kier molecular flexibility index (Phi) is 3.91. The van der Waals surface area contributed by atoms with Gasteiger partial charge in [0.05, 0.1) is 12.2 Å². The maximum Gasteiger partial charge on any atom is 0.153 e. The lowest BCUT2D eigenvalue weighted by molar-refractivity contribution is 0.233. The standard InChI is InChI=1S/C9H11BrN2O2/c1-2-14-8-5-6(10)3-4-7(8)9(11)12-13/h3-5,13H,2H2,1H3,(H2,11,12). The van der Waals surface area contributed by atoms with Crippen LogP contribution in [0.2, 0.25) is 0 Å². The molecule has 0 aromatic heterocycles. The lowest BCUT2D eigenvalue weighted by Gasteiger charge is -2.10. The van der Waals surface area contributed by atoms with Gasteiger partial charge in [-0.2, -0.15) is 0 Å². The maximum absolute atomic E-state index is 8.61. The zero-order valence-electron chi connectivity index (χ0n) is 7.67. The monoisotopic (exact) mass is 258 g/mol. The highest BCUT2D eigenvalue weighted by atomic mass is 79.9. The first-order valence-electron chi connectivity index (χ1n) is 4.10. The third-order valence-corrected chi connectivity index (χ3v) is 2.12. The lowest BCUT2D eigenvalue weighted by atomic mass is 10.2. The van der Waals surface area contributed by atoms with Gasteiger partial charge in [-0.25, -0.2) is 0 Å². The average molecular weight is 259 g/mol. The van der Waals surface area contributed by atoms with Crippen molar-refractivity contribution in [3.8, 4) is 5.75 Å². The largest absolute Gasteiger partial charge is 0.493 e. The molecule has 0 atom stereocenters. The van der Waals surface area contributed by atoms with Crippen LogP contribution in [0.25, 0.3) is 0 Å². The van der Waals surface area contributed by atoms with Gasteiger partial charge in [-0.05, 0) is 25.1 Å². The fourth-order valence-electron chi connectivity index (χ4n) is 1.04. The van der Waals surface area contributed by atoms with Crippen molar-refractivity contribution in [2.75, 3.05) is 6.61 Å². The smallest absolute Gasteiger partial charge is 0.153 e. The number of hydrogen-bond donors (Lipinski definition) is 3. The Hall–Kier alpha value is -1.07. The lowest BCUT2D eigenvalue weighted by Crippen LogP contribution is -2.19. The number of ether oxygens (including phenoxy) is 1. The predicted molar refractivity (Wildman–Crippen MR) is 57.1 cm³/mol. The van der Waals surface area contributed by atoms with Crippen molar-refractivity contribution in [1.82, 2.24) is 5.48 Å². The molecule has 0 aliphatic rings. The minimum atomic E-state index is -0.0825. The molecule has 1 rings (SSSR count). The molecule has 0 amide bonds. The van der Waals surface area contributed by atoms with E-state index in [1.165, 1.54) is 0 Å². The summed E-state index contributed by atoms with van der Waals surface area (Å²) in [6.45, 7) is 2.38. The van der Waals surface area contributed by atoms with Crippen LogP contribution in [0.5, 0.6) is 5.75 Å². The highest BCUT2D eigenvalue weighted by molar-refractivity contribution is 9.10. The van der Waals surface area contributed by atoms with E-state index in [4.69, 9.17) is 15.4 Å². The number of hydrogen-bond acceptors (Lipinski definition) is 3. The van der Waals surface area contributed by atoms with Gasteiger partial charge >= 0.3 is 0 Å². The Morgan fingerprint density at radius 3 is 2.93 bits per heavy atom. The molecule has 3 N–H and O–H groups in total. The van der Waals surface area contributed by atoms with E-state index in [0.29, 0.717) is 17.9 Å². The molecular weight excluding hydrogens is 248 g/mol. The van der Waals surface area contributed by atoms with Crippen LogP contribution < -0.4 is 10.2 Å². The van der Waals surface area contributed by atoms with Gasteiger partial charge in [0, 0.05) is 4.47 Å². The quantitative estimate of drug-likeness (QED) is 0.442. The van der Waals surface area contributed by atoms with Crippen LogP contribution in [0.3, 0.4) is 0 Å². The molecule has 1 aromatic rings. The van der Waals surface area contributed by atoms with Crippen LogP contribution >= 0.6 is 15.9 Å². The molecule has 0 aliphatic heterocycles. The van der Waals surface area contributed by atoms with Crippen molar-refractivity contribution >= 4 is 21.8 Å². The number of nitrogens with one attached hydrogen (secondary N) is 2. The second-order valence-electron chi connectivity index (χ2n) is 2.56. The molecule has 0 unspecified atom stereocenters. The molecule has 4 nitrogen and oxygen atoms in total. The van der Waals surface area contributed by atoms with Crippen molar-refractivity contribution < 1.29 is 9.94 Å². The summed E-state index contributed by atoms with van der Waals surface area (Å²) < 4.78 is 6.19. The SMILES string of the molecule is CCOc1cc(Br)ccc1C(=N)NO. The summed E-state index contributed by atoms with van der Waals surface area (Å²) in [7, 11) is 0. The van der Waals surface area contributed by atoms with E-state index >= 15 is 0 Å². The molecule has 5 heteroatoms. The highest BCUT2D eigenvalue weighted by Crippen LogP contribution is 2.23. The van der Waals surface area contributed by atoms with E-state index in [0.717, 1.165) is 4.47 Å². The van der Waals surface area contributed by atoms with Gasteiger partial charge < -0.3 is 4.74 Å². The Balaban J connectivity index is 3.07. The van der Waals surface area contributed by atoms with E-state index in [2.05, 4.69) is 15.9 Å². The molecule has 14 heavy (non-hydrogen) atoms. The van der Waals surface area contributed by atoms with Gasteiger partial charge in [0.15, 0.2) is 5.84 Å². The van der Waals surface area contributed by atoms with Gasteiger partial charge in [-0.3, -0.25) is 16.1 Å². The summed E-state index contributed by atoms with van der Waals surface area (Å²) >= 11 is 3.30. The average Bonchev–Trinajstić information content (AvgIpc) is 2.17. The topological polar surface area (TPSA) is 65.3 Å². The molecule has 1 aromatic carbocycles. The molecule has 0 aliphatic carbocycles. The molecule has 76 valence electrons. The summed E-state index contributed by atoms with van der Waals surface area (Å²) in [5.41, 5.74) is 2.31. The Morgan fingerprint density at radius 2 is 2.36 bits per heavy atom. The molecule has 0 radical (unpaired) electrons.